The molecule has 0 aliphatic carbocycles. The molecule has 1 saturated heterocycles. The summed E-state index contributed by atoms with van der Waals surface area (Å²) in [4.78, 5) is 9.46. The number of alkyl halides is 1. The minimum Gasteiger partial charge on any atom is -0.489 e. The summed E-state index contributed by atoms with van der Waals surface area (Å²) in [5.41, 5.74) is 3.23. The second kappa shape index (κ2) is 8.54. The lowest BCUT2D eigenvalue weighted by Crippen LogP contribution is -2.46. The van der Waals surface area contributed by atoms with Crippen molar-refractivity contribution in [2.24, 2.45) is 0 Å². The van der Waals surface area contributed by atoms with E-state index >= 15 is 0 Å². The number of anilines is 1. The third kappa shape index (κ3) is 4.86. The smallest absolute Gasteiger partial charge is 0.142 e. The fourth-order valence-electron chi connectivity index (χ4n) is 3.14. The van der Waals surface area contributed by atoms with E-state index in [1.54, 1.807) is 0 Å². The van der Waals surface area contributed by atoms with E-state index in [0.29, 0.717) is 5.88 Å². The molecule has 2 heterocycles. The Bertz CT molecular complexity index is 684. The summed E-state index contributed by atoms with van der Waals surface area (Å²) in [6.07, 6.45) is 0.183. The molecule has 0 amide bonds. The molecule has 1 aliphatic rings. The number of hydrogen-bond acceptors (Lipinski definition) is 4. The maximum atomic E-state index is 5.97. The average molecular weight is 360 g/mol. The van der Waals surface area contributed by atoms with Crippen molar-refractivity contribution in [3.63, 3.8) is 0 Å². The predicted molar refractivity (Wildman–Crippen MR) is 103 cm³/mol. The van der Waals surface area contributed by atoms with Crippen molar-refractivity contribution in [3.8, 4) is 5.75 Å². The van der Waals surface area contributed by atoms with Crippen LogP contribution in [0.3, 0.4) is 0 Å². The fraction of sp³-hybridized carbons (Fsp3) is 0.450. The molecule has 1 fully saturated rings. The Morgan fingerprint density at radius 1 is 1.00 bits per heavy atom. The third-order valence-corrected chi connectivity index (χ3v) is 4.60. The van der Waals surface area contributed by atoms with Gasteiger partial charge in [-0.3, -0.25) is 9.88 Å². The van der Waals surface area contributed by atoms with E-state index in [0.717, 1.165) is 49.9 Å². The van der Waals surface area contributed by atoms with Gasteiger partial charge in [0.15, 0.2) is 0 Å². The van der Waals surface area contributed by atoms with Crippen LogP contribution < -0.4 is 9.64 Å². The Labute approximate surface area is 155 Å². The molecule has 0 unspecified atom stereocenters. The zero-order chi connectivity index (χ0) is 17.6. The number of ether oxygens (including phenoxy) is 1. The van der Waals surface area contributed by atoms with Crippen LogP contribution in [0.2, 0.25) is 0 Å². The topological polar surface area (TPSA) is 28.6 Å². The summed E-state index contributed by atoms with van der Waals surface area (Å²) in [6.45, 7) is 9.03. The molecule has 0 spiro atoms. The van der Waals surface area contributed by atoms with Crippen molar-refractivity contribution in [2.45, 2.75) is 32.4 Å². The summed E-state index contributed by atoms with van der Waals surface area (Å²) >= 11 is 5.88. The average Bonchev–Trinajstić information content (AvgIpc) is 2.63. The summed E-state index contributed by atoms with van der Waals surface area (Å²) in [6, 6.07) is 14.4. The van der Waals surface area contributed by atoms with Crippen LogP contribution in [0.1, 0.15) is 25.2 Å². The van der Waals surface area contributed by atoms with Gasteiger partial charge in [0.1, 0.15) is 5.75 Å². The van der Waals surface area contributed by atoms with E-state index in [1.165, 1.54) is 5.69 Å². The highest BCUT2D eigenvalue weighted by Gasteiger charge is 2.20. The number of hydrogen-bond donors (Lipinski definition) is 0. The van der Waals surface area contributed by atoms with Crippen molar-refractivity contribution >= 4 is 17.3 Å². The number of aromatic nitrogens is 1. The summed E-state index contributed by atoms with van der Waals surface area (Å²) in [5.74, 6) is 1.44. The highest BCUT2D eigenvalue weighted by molar-refractivity contribution is 6.16. The van der Waals surface area contributed by atoms with Crippen LogP contribution in [0.15, 0.2) is 42.5 Å². The Kier molecular flexibility index (Phi) is 6.16. The van der Waals surface area contributed by atoms with Gasteiger partial charge in [-0.1, -0.05) is 18.2 Å². The van der Waals surface area contributed by atoms with Crippen LogP contribution in [-0.2, 0) is 12.4 Å². The van der Waals surface area contributed by atoms with Crippen molar-refractivity contribution in [1.82, 2.24) is 9.88 Å². The molecule has 4 nitrogen and oxygen atoms in total. The van der Waals surface area contributed by atoms with Crippen LogP contribution >= 0.6 is 11.6 Å². The normalized spacial score (nSPS) is 15.6. The molecule has 1 aromatic heterocycles. The number of benzene rings is 1. The molecule has 5 heteroatoms. The molecule has 0 atom stereocenters. The summed E-state index contributed by atoms with van der Waals surface area (Å²) in [5, 5.41) is 0. The molecular formula is C20H26ClN3O. The van der Waals surface area contributed by atoms with Gasteiger partial charge in [0.05, 0.1) is 29.1 Å². The molecule has 25 heavy (non-hydrogen) atoms. The first-order valence-corrected chi connectivity index (χ1v) is 9.43. The van der Waals surface area contributed by atoms with Gasteiger partial charge < -0.3 is 9.64 Å². The molecule has 3 rings (SSSR count). The maximum Gasteiger partial charge on any atom is 0.142 e. The van der Waals surface area contributed by atoms with Crippen molar-refractivity contribution in [1.29, 1.82) is 0 Å². The first-order chi connectivity index (χ1) is 12.2. The van der Waals surface area contributed by atoms with Gasteiger partial charge in [0, 0.05) is 32.7 Å². The summed E-state index contributed by atoms with van der Waals surface area (Å²) in [7, 11) is 0. The first-order valence-electron chi connectivity index (χ1n) is 8.89. The van der Waals surface area contributed by atoms with Crippen molar-refractivity contribution in [3.05, 3.63) is 53.9 Å². The monoisotopic (exact) mass is 359 g/mol. The standard InChI is InChI=1S/C20H26ClN3O/c1-16(2)25-20-9-4-3-8-19(20)24-12-10-23(11-13-24)15-18-7-5-6-17(14-21)22-18/h3-9,16H,10-15H2,1-2H3. The third-order valence-electron chi connectivity index (χ3n) is 4.33. The van der Waals surface area contributed by atoms with Gasteiger partial charge in [0.25, 0.3) is 0 Å². The number of para-hydroxylation sites is 2. The van der Waals surface area contributed by atoms with Gasteiger partial charge in [-0.05, 0) is 38.1 Å². The van der Waals surface area contributed by atoms with Crippen LogP contribution in [0.5, 0.6) is 5.75 Å². The lowest BCUT2D eigenvalue weighted by Gasteiger charge is -2.36. The zero-order valence-electron chi connectivity index (χ0n) is 15.0. The molecule has 0 radical (unpaired) electrons. The van der Waals surface area contributed by atoms with Gasteiger partial charge in [-0.25, -0.2) is 0 Å². The van der Waals surface area contributed by atoms with E-state index in [1.807, 2.05) is 18.2 Å². The van der Waals surface area contributed by atoms with Crippen LogP contribution in [0, 0.1) is 0 Å². The van der Waals surface area contributed by atoms with Gasteiger partial charge in [0.2, 0.25) is 0 Å². The van der Waals surface area contributed by atoms with Gasteiger partial charge in [-0.2, -0.15) is 0 Å². The Morgan fingerprint density at radius 3 is 2.44 bits per heavy atom. The van der Waals surface area contributed by atoms with Crippen molar-refractivity contribution in [2.75, 3.05) is 31.1 Å². The van der Waals surface area contributed by atoms with Crippen molar-refractivity contribution < 1.29 is 4.74 Å². The number of rotatable bonds is 6. The molecule has 2 aromatic rings. The Balaban J connectivity index is 1.60. The second-order valence-corrected chi connectivity index (χ2v) is 6.92. The maximum absolute atomic E-state index is 5.97. The molecule has 1 aliphatic heterocycles. The number of piperazine rings is 1. The first kappa shape index (κ1) is 18.0. The SMILES string of the molecule is CC(C)Oc1ccccc1N1CCN(Cc2cccc(CCl)n2)CC1. The molecule has 1 aromatic carbocycles. The van der Waals surface area contributed by atoms with Crippen LogP contribution in [0.25, 0.3) is 0 Å². The molecule has 0 bridgehead atoms. The number of pyridine rings is 1. The predicted octanol–water partition coefficient (Wildman–Crippen LogP) is 3.93. The van der Waals surface area contributed by atoms with Gasteiger partial charge >= 0.3 is 0 Å². The van der Waals surface area contributed by atoms with Crippen LogP contribution in [0.4, 0.5) is 5.69 Å². The largest absolute Gasteiger partial charge is 0.489 e. The number of nitrogens with zero attached hydrogens (tertiary/aromatic N) is 3. The second-order valence-electron chi connectivity index (χ2n) is 6.65. The molecule has 0 saturated carbocycles. The molecular weight excluding hydrogens is 334 g/mol. The fourth-order valence-corrected chi connectivity index (χ4v) is 3.29. The molecule has 134 valence electrons. The van der Waals surface area contributed by atoms with E-state index in [-0.39, 0.29) is 6.10 Å². The molecule has 0 N–H and O–H groups in total. The number of halogens is 1. The lowest BCUT2D eigenvalue weighted by atomic mass is 10.2. The van der Waals surface area contributed by atoms with E-state index in [4.69, 9.17) is 16.3 Å². The Hall–Kier alpha value is -1.78. The summed E-state index contributed by atoms with van der Waals surface area (Å²) < 4.78 is 5.97. The highest BCUT2D eigenvalue weighted by Crippen LogP contribution is 2.29. The van der Waals surface area contributed by atoms with E-state index in [9.17, 15) is 0 Å². The minimum atomic E-state index is 0.183. The van der Waals surface area contributed by atoms with E-state index < -0.39 is 0 Å². The van der Waals surface area contributed by atoms with Gasteiger partial charge in [-0.15, -0.1) is 11.6 Å². The minimum absolute atomic E-state index is 0.183. The lowest BCUT2D eigenvalue weighted by molar-refractivity contribution is 0.234. The Morgan fingerprint density at radius 2 is 1.72 bits per heavy atom. The quantitative estimate of drug-likeness (QED) is 0.731. The zero-order valence-corrected chi connectivity index (χ0v) is 15.7. The van der Waals surface area contributed by atoms with E-state index in [2.05, 4.69) is 52.9 Å². The van der Waals surface area contributed by atoms with Crippen LogP contribution in [-0.4, -0.2) is 42.2 Å². The highest BCUT2D eigenvalue weighted by atomic mass is 35.5.